The number of aromatic nitrogens is 1. The van der Waals surface area contributed by atoms with Crippen LogP contribution in [0.1, 0.15) is 26.0 Å². The molecule has 1 aromatic heterocycles. The second-order valence-electron chi connectivity index (χ2n) is 5.15. The van der Waals surface area contributed by atoms with E-state index in [-0.39, 0.29) is 5.84 Å². The van der Waals surface area contributed by atoms with E-state index in [1.807, 2.05) is 12.1 Å². The quantitative estimate of drug-likeness (QED) is 0.604. The summed E-state index contributed by atoms with van der Waals surface area (Å²) in [4.78, 5) is 6.74. The van der Waals surface area contributed by atoms with Gasteiger partial charge >= 0.3 is 0 Å². The molecule has 4 nitrogen and oxygen atoms in total. The fraction of sp³-hybridized carbons (Fsp3) is 0.538. The monoisotopic (exact) mass is 232 g/mol. The summed E-state index contributed by atoms with van der Waals surface area (Å²) in [6.45, 7) is 6.63. The molecule has 0 radical (unpaired) electrons. The van der Waals surface area contributed by atoms with E-state index in [0.717, 1.165) is 18.9 Å². The third-order valence-corrected chi connectivity index (χ3v) is 3.20. The summed E-state index contributed by atoms with van der Waals surface area (Å²) in [5, 5.41) is 7.42. The van der Waals surface area contributed by atoms with Gasteiger partial charge in [0.2, 0.25) is 0 Å². The standard InChI is InChI=1S/C13H20N4/c1-9-6-10(2)8-17(7-9)12-5-3-4-11(16-12)13(14)15/h3-5,9-10H,6-8H2,1-2H3,(H3,14,15). The predicted octanol–water partition coefficient (Wildman–Crippen LogP) is 1.85. The van der Waals surface area contributed by atoms with Crippen LogP contribution >= 0.6 is 0 Å². The van der Waals surface area contributed by atoms with Crippen molar-refractivity contribution in [3.63, 3.8) is 0 Å². The molecule has 4 heteroatoms. The van der Waals surface area contributed by atoms with Gasteiger partial charge in [0, 0.05) is 13.1 Å². The van der Waals surface area contributed by atoms with Crippen molar-refractivity contribution in [3.05, 3.63) is 23.9 Å². The first-order valence-corrected chi connectivity index (χ1v) is 6.12. The summed E-state index contributed by atoms with van der Waals surface area (Å²) in [6.07, 6.45) is 1.28. The maximum Gasteiger partial charge on any atom is 0.141 e. The minimum atomic E-state index is 0.0324. The Morgan fingerprint density at radius 3 is 2.59 bits per heavy atom. The summed E-state index contributed by atoms with van der Waals surface area (Å²) < 4.78 is 0. The lowest BCUT2D eigenvalue weighted by molar-refractivity contribution is 0.355. The Kier molecular flexibility index (Phi) is 3.31. The molecule has 2 unspecified atom stereocenters. The maximum absolute atomic E-state index is 7.42. The van der Waals surface area contributed by atoms with E-state index in [2.05, 4.69) is 23.7 Å². The van der Waals surface area contributed by atoms with Gasteiger partial charge in [-0.3, -0.25) is 5.41 Å². The van der Waals surface area contributed by atoms with Crippen molar-refractivity contribution in [2.45, 2.75) is 20.3 Å². The molecule has 0 aliphatic carbocycles. The molecule has 2 heterocycles. The molecular formula is C13H20N4. The van der Waals surface area contributed by atoms with Crippen molar-refractivity contribution in [2.75, 3.05) is 18.0 Å². The Bertz CT molecular complexity index is 406. The van der Waals surface area contributed by atoms with E-state index in [9.17, 15) is 0 Å². The van der Waals surface area contributed by atoms with Crippen LogP contribution in [0.15, 0.2) is 18.2 Å². The molecule has 2 rings (SSSR count). The van der Waals surface area contributed by atoms with E-state index in [1.54, 1.807) is 6.07 Å². The molecular weight excluding hydrogens is 212 g/mol. The molecule has 3 N–H and O–H groups in total. The zero-order valence-electron chi connectivity index (χ0n) is 10.5. The fourth-order valence-corrected chi connectivity index (χ4v) is 2.60. The van der Waals surface area contributed by atoms with Gasteiger partial charge in [0.25, 0.3) is 0 Å². The molecule has 1 saturated heterocycles. The fourth-order valence-electron chi connectivity index (χ4n) is 2.60. The molecule has 0 bridgehead atoms. The number of pyridine rings is 1. The SMILES string of the molecule is CC1CC(C)CN(c2cccc(C(=N)N)n2)C1. The molecule has 0 aromatic carbocycles. The van der Waals surface area contributed by atoms with Gasteiger partial charge in [-0.15, -0.1) is 0 Å². The van der Waals surface area contributed by atoms with Crippen molar-refractivity contribution in [1.82, 2.24) is 4.98 Å². The Morgan fingerprint density at radius 1 is 1.35 bits per heavy atom. The first kappa shape index (κ1) is 11.9. The number of rotatable bonds is 2. The highest BCUT2D eigenvalue weighted by atomic mass is 15.2. The minimum Gasteiger partial charge on any atom is -0.382 e. The number of anilines is 1. The topological polar surface area (TPSA) is 66.0 Å². The second-order valence-corrected chi connectivity index (χ2v) is 5.15. The number of nitrogen functional groups attached to an aromatic ring is 1. The summed E-state index contributed by atoms with van der Waals surface area (Å²) in [5.74, 6) is 2.36. The summed E-state index contributed by atoms with van der Waals surface area (Å²) in [7, 11) is 0. The smallest absolute Gasteiger partial charge is 0.141 e. The van der Waals surface area contributed by atoms with E-state index in [4.69, 9.17) is 11.1 Å². The highest BCUT2D eigenvalue weighted by Crippen LogP contribution is 2.24. The summed E-state index contributed by atoms with van der Waals surface area (Å²) >= 11 is 0. The van der Waals surface area contributed by atoms with E-state index >= 15 is 0 Å². The van der Waals surface area contributed by atoms with E-state index in [0.29, 0.717) is 17.5 Å². The number of amidine groups is 1. The Hall–Kier alpha value is -1.58. The Labute approximate surface area is 102 Å². The van der Waals surface area contributed by atoms with Crippen LogP contribution in [0.4, 0.5) is 5.82 Å². The van der Waals surface area contributed by atoms with Crippen LogP contribution < -0.4 is 10.6 Å². The van der Waals surface area contributed by atoms with Gasteiger partial charge in [0.1, 0.15) is 17.3 Å². The molecule has 0 spiro atoms. The van der Waals surface area contributed by atoms with Crippen molar-refractivity contribution < 1.29 is 0 Å². The number of nitrogens with one attached hydrogen (secondary N) is 1. The van der Waals surface area contributed by atoms with Gasteiger partial charge in [-0.1, -0.05) is 19.9 Å². The Balaban J connectivity index is 2.21. The molecule has 17 heavy (non-hydrogen) atoms. The molecule has 1 aromatic rings. The summed E-state index contributed by atoms with van der Waals surface area (Å²) in [6, 6.07) is 5.70. The Morgan fingerprint density at radius 2 is 2.00 bits per heavy atom. The van der Waals surface area contributed by atoms with Crippen LogP contribution in [0.2, 0.25) is 0 Å². The summed E-state index contributed by atoms with van der Waals surface area (Å²) in [5.41, 5.74) is 6.03. The van der Waals surface area contributed by atoms with E-state index < -0.39 is 0 Å². The number of hydrogen-bond donors (Lipinski definition) is 2. The predicted molar refractivity (Wildman–Crippen MR) is 70.4 cm³/mol. The molecule has 2 atom stereocenters. The van der Waals surface area contributed by atoms with Gasteiger partial charge < -0.3 is 10.6 Å². The van der Waals surface area contributed by atoms with Crippen LogP contribution in [0.5, 0.6) is 0 Å². The number of hydrogen-bond acceptors (Lipinski definition) is 3. The van der Waals surface area contributed by atoms with Crippen molar-refractivity contribution in [1.29, 1.82) is 5.41 Å². The minimum absolute atomic E-state index is 0.0324. The van der Waals surface area contributed by atoms with Gasteiger partial charge in [-0.05, 0) is 30.4 Å². The van der Waals surface area contributed by atoms with Crippen LogP contribution in [0.25, 0.3) is 0 Å². The van der Waals surface area contributed by atoms with Crippen LogP contribution in [0, 0.1) is 17.2 Å². The normalized spacial score (nSPS) is 24.7. The van der Waals surface area contributed by atoms with Crippen molar-refractivity contribution >= 4 is 11.7 Å². The number of piperidine rings is 1. The average molecular weight is 232 g/mol. The molecule has 0 amide bonds. The van der Waals surface area contributed by atoms with Gasteiger partial charge in [-0.2, -0.15) is 0 Å². The van der Waals surface area contributed by atoms with Crippen LogP contribution in [0.3, 0.4) is 0 Å². The molecule has 1 aliphatic rings. The lowest BCUT2D eigenvalue weighted by Gasteiger charge is -2.35. The zero-order valence-corrected chi connectivity index (χ0v) is 10.5. The third-order valence-electron chi connectivity index (χ3n) is 3.20. The number of nitrogens with two attached hydrogens (primary N) is 1. The molecule has 0 saturated carbocycles. The zero-order chi connectivity index (χ0) is 12.4. The maximum atomic E-state index is 7.42. The van der Waals surface area contributed by atoms with Gasteiger partial charge in [-0.25, -0.2) is 4.98 Å². The first-order valence-electron chi connectivity index (χ1n) is 6.12. The molecule has 1 aliphatic heterocycles. The largest absolute Gasteiger partial charge is 0.382 e. The lowest BCUT2D eigenvalue weighted by atomic mass is 9.92. The molecule has 1 fully saturated rings. The van der Waals surface area contributed by atoms with Crippen LogP contribution in [-0.4, -0.2) is 23.9 Å². The van der Waals surface area contributed by atoms with Crippen molar-refractivity contribution in [3.8, 4) is 0 Å². The second kappa shape index (κ2) is 4.73. The lowest BCUT2D eigenvalue weighted by Crippen LogP contribution is -2.39. The van der Waals surface area contributed by atoms with Gasteiger partial charge in [0.05, 0.1) is 0 Å². The highest BCUT2D eigenvalue weighted by Gasteiger charge is 2.22. The first-order chi connectivity index (χ1) is 8.06. The van der Waals surface area contributed by atoms with Crippen molar-refractivity contribution in [2.24, 2.45) is 17.6 Å². The highest BCUT2D eigenvalue weighted by molar-refractivity contribution is 5.93. The number of nitrogens with zero attached hydrogens (tertiary/aromatic N) is 2. The third kappa shape index (κ3) is 2.75. The average Bonchev–Trinajstić information content (AvgIpc) is 2.28. The molecule has 92 valence electrons. The van der Waals surface area contributed by atoms with Gasteiger partial charge in [0.15, 0.2) is 0 Å². The van der Waals surface area contributed by atoms with E-state index in [1.165, 1.54) is 6.42 Å². The van der Waals surface area contributed by atoms with Crippen LogP contribution in [-0.2, 0) is 0 Å².